The zero-order valence-corrected chi connectivity index (χ0v) is 15.8. The SMILES string of the molecule is Cc1ccc(C(C)(c2c[nH]c3cc(/C(=N/N)NN)ccc23)C(C)C)cc1. The smallest absolute Gasteiger partial charge is 0.166 e. The van der Waals surface area contributed by atoms with Crippen molar-refractivity contribution in [2.75, 3.05) is 0 Å². The van der Waals surface area contributed by atoms with E-state index in [0.29, 0.717) is 11.8 Å². The number of hydrazine groups is 1. The number of fused-ring (bicyclic) bond motifs is 1. The van der Waals surface area contributed by atoms with E-state index in [2.05, 4.69) is 79.7 Å². The largest absolute Gasteiger partial charge is 0.361 e. The summed E-state index contributed by atoms with van der Waals surface area (Å²) in [7, 11) is 0. The molecule has 0 saturated carbocycles. The minimum absolute atomic E-state index is 0.107. The Kier molecular flexibility index (Phi) is 4.74. The molecule has 1 atom stereocenters. The Morgan fingerprint density at radius 1 is 1.15 bits per heavy atom. The van der Waals surface area contributed by atoms with Crippen LogP contribution in [0.1, 0.15) is 43.0 Å². The van der Waals surface area contributed by atoms with Crippen LogP contribution in [0.3, 0.4) is 0 Å². The average molecular weight is 349 g/mol. The monoisotopic (exact) mass is 349 g/mol. The number of nitrogens with two attached hydrogens (primary N) is 2. The number of amidine groups is 1. The van der Waals surface area contributed by atoms with Crippen molar-refractivity contribution in [3.63, 3.8) is 0 Å². The van der Waals surface area contributed by atoms with E-state index in [1.165, 1.54) is 22.1 Å². The molecule has 3 rings (SSSR count). The van der Waals surface area contributed by atoms with Gasteiger partial charge in [0.15, 0.2) is 5.84 Å². The zero-order chi connectivity index (χ0) is 18.9. The third kappa shape index (κ3) is 2.84. The van der Waals surface area contributed by atoms with Gasteiger partial charge >= 0.3 is 0 Å². The van der Waals surface area contributed by atoms with E-state index in [1.54, 1.807) is 0 Å². The maximum atomic E-state index is 5.49. The number of hydrogen-bond donors (Lipinski definition) is 4. The summed E-state index contributed by atoms with van der Waals surface area (Å²) in [6, 6.07) is 14.9. The molecule has 0 aliphatic heterocycles. The summed E-state index contributed by atoms with van der Waals surface area (Å²) in [5.74, 6) is 11.8. The predicted molar refractivity (Wildman–Crippen MR) is 109 cm³/mol. The number of aromatic nitrogens is 1. The van der Waals surface area contributed by atoms with Gasteiger partial charge in [0, 0.05) is 28.1 Å². The van der Waals surface area contributed by atoms with Crippen LogP contribution in [0.4, 0.5) is 0 Å². The first-order valence-electron chi connectivity index (χ1n) is 8.85. The average Bonchev–Trinajstić information content (AvgIpc) is 3.06. The van der Waals surface area contributed by atoms with Crippen molar-refractivity contribution in [1.29, 1.82) is 0 Å². The number of nitrogens with one attached hydrogen (secondary N) is 2. The quantitative estimate of drug-likeness (QED) is 0.251. The number of nitrogens with zero attached hydrogens (tertiary/aromatic N) is 1. The molecule has 26 heavy (non-hydrogen) atoms. The fourth-order valence-electron chi connectivity index (χ4n) is 3.60. The van der Waals surface area contributed by atoms with E-state index in [4.69, 9.17) is 11.7 Å². The van der Waals surface area contributed by atoms with Crippen molar-refractivity contribution in [2.45, 2.75) is 33.1 Å². The lowest BCUT2D eigenvalue weighted by molar-refractivity contribution is 0.408. The maximum Gasteiger partial charge on any atom is 0.166 e. The van der Waals surface area contributed by atoms with Gasteiger partial charge in [-0.3, -0.25) is 0 Å². The first-order chi connectivity index (χ1) is 12.4. The number of H-pyrrole nitrogens is 1. The first-order valence-corrected chi connectivity index (χ1v) is 8.85. The van der Waals surface area contributed by atoms with E-state index in [-0.39, 0.29) is 5.41 Å². The third-order valence-corrected chi connectivity index (χ3v) is 5.59. The second kappa shape index (κ2) is 6.84. The molecule has 136 valence electrons. The molecule has 2 aromatic carbocycles. The van der Waals surface area contributed by atoms with E-state index in [1.807, 2.05) is 12.1 Å². The van der Waals surface area contributed by atoms with Crippen molar-refractivity contribution in [2.24, 2.45) is 22.7 Å². The summed E-state index contributed by atoms with van der Waals surface area (Å²) in [6.45, 7) is 8.97. The molecule has 0 aliphatic rings. The molecule has 0 saturated heterocycles. The first kappa shape index (κ1) is 18.0. The van der Waals surface area contributed by atoms with Crippen molar-refractivity contribution in [3.05, 3.63) is 70.9 Å². The van der Waals surface area contributed by atoms with Crippen LogP contribution in [0, 0.1) is 12.8 Å². The maximum absolute atomic E-state index is 5.49. The van der Waals surface area contributed by atoms with Gasteiger partial charge in [-0.2, -0.15) is 5.10 Å². The highest BCUT2D eigenvalue weighted by Crippen LogP contribution is 2.42. The third-order valence-electron chi connectivity index (χ3n) is 5.59. The molecule has 1 heterocycles. The Morgan fingerprint density at radius 2 is 1.85 bits per heavy atom. The minimum atomic E-state index is -0.107. The van der Waals surface area contributed by atoms with Crippen LogP contribution in [-0.4, -0.2) is 10.8 Å². The van der Waals surface area contributed by atoms with Crippen LogP contribution < -0.4 is 17.1 Å². The minimum Gasteiger partial charge on any atom is -0.361 e. The van der Waals surface area contributed by atoms with Crippen LogP contribution in [0.5, 0.6) is 0 Å². The van der Waals surface area contributed by atoms with Crippen LogP contribution in [-0.2, 0) is 5.41 Å². The zero-order valence-electron chi connectivity index (χ0n) is 15.8. The highest BCUT2D eigenvalue weighted by Gasteiger charge is 2.34. The number of aryl methyl sites for hydroxylation is 1. The van der Waals surface area contributed by atoms with Crippen molar-refractivity contribution < 1.29 is 0 Å². The van der Waals surface area contributed by atoms with Crippen LogP contribution >= 0.6 is 0 Å². The molecule has 0 fully saturated rings. The fourth-order valence-corrected chi connectivity index (χ4v) is 3.60. The topological polar surface area (TPSA) is 92.2 Å². The molecular weight excluding hydrogens is 322 g/mol. The molecule has 0 aliphatic carbocycles. The molecule has 0 bridgehead atoms. The second-order valence-electron chi connectivity index (χ2n) is 7.31. The molecule has 5 heteroatoms. The molecule has 0 spiro atoms. The summed E-state index contributed by atoms with van der Waals surface area (Å²) in [5.41, 5.74) is 8.17. The highest BCUT2D eigenvalue weighted by molar-refractivity contribution is 6.01. The number of hydrazone groups is 1. The van der Waals surface area contributed by atoms with E-state index < -0.39 is 0 Å². The summed E-state index contributed by atoms with van der Waals surface area (Å²) >= 11 is 0. The van der Waals surface area contributed by atoms with Gasteiger partial charge in [-0.1, -0.05) is 62.7 Å². The molecule has 3 aromatic rings. The van der Waals surface area contributed by atoms with E-state index >= 15 is 0 Å². The molecule has 1 unspecified atom stereocenters. The van der Waals surface area contributed by atoms with Gasteiger partial charge in [-0.05, 0) is 30.0 Å². The predicted octanol–water partition coefficient (Wildman–Crippen LogP) is 3.52. The normalized spacial score (nSPS) is 14.6. The molecular formula is C21H27N5. The van der Waals surface area contributed by atoms with Gasteiger partial charge in [0.2, 0.25) is 0 Å². The van der Waals surface area contributed by atoms with Crippen molar-refractivity contribution in [1.82, 2.24) is 10.4 Å². The standard InChI is InChI=1S/C21H27N5/c1-13(2)21(4,16-8-5-14(3)6-9-16)18-12-24-19-11-15(7-10-17(18)19)20(25-22)26-23/h5-13,24H,22-23H2,1-4H3,(H,25,26). The Hall–Kier alpha value is -2.79. The Balaban J connectivity index is 2.17. The van der Waals surface area contributed by atoms with Gasteiger partial charge in [-0.25, -0.2) is 5.84 Å². The van der Waals surface area contributed by atoms with Crippen molar-refractivity contribution >= 4 is 16.7 Å². The highest BCUT2D eigenvalue weighted by atomic mass is 15.3. The van der Waals surface area contributed by atoms with Crippen LogP contribution in [0.25, 0.3) is 10.9 Å². The molecule has 5 nitrogen and oxygen atoms in total. The second-order valence-corrected chi connectivity index (χ2v) is 7.31. The number of benzene rings is 2. The number of hydrogen-bond acceptors (Lipinski definition) is 3. The van der Waals surface area contributed by atoms with Crippen molar-refractivity contribution in [3.8, 4) is 0 Å². The van der Waals surface area contributed by atoms with E-state index in [9.17, 15) is 0 Å². The van der Waals surface area contributed by atoms with Gasteiger partial charge in [0.1, 0.15) is 0 Å². The Labute approximate surface area is 154 Å². The van der Waals surface area contributed by atoms with Gasteiger partial charge < -0.3 is 16.3 Å². The summed E-state index contributed by atoms with van der Waals surface area (Å²) < 4.78 is 0. The van der Waals surface area contributed by atoms with Crippen LogP contribution in [0.2, 0.25) is 0 Å². The molecule has 0 radical (unpaired) electrons. The summed E-state index contributed by atoms with van der Waals surface area (Å²) in [6.07, 6.45) is 2.11. The van der Waals surface area contributed by atoms with Gasteiger partial charge in [0.05, 0.1) is 0 Å². The van der Waals surface area contributed by atoms with Gasteiger partial charge in [-0.15, -0.1) is 0 Å². The molecule has 0 amide bonds. The van der Waals surface area contributed by atoms with Gasteiger partial charge in [0.25, 0.3) is 0 Å². The summed E-state index contributed by atoms with van der Waals surface area (Å²) in [5, 5.41) is 4.88. The number of rotatable bonds is 4. The van der Waals surface area contributed by atoms with Crippen LogP contribution in [0.15, 0.2) is 53.8 Å². The molecule has 1 aromatic heterocycles. The lowest BCUT2D eigenvalue weighted by Gasteiger charge is -2.35. The lowest BCUT2D eigenvalue weighted by Crippen LogP contribution is -2.32. The lowest BCUT2D eigenvalue weighted by atomic mass is 9.68. The summed E-state index contributed by atoms with van der Waals surface area (Å²) in [4.78, 5) is 3.41. The Morgan fingerprint density at radius 3 is 2.42 bits per heavy atom. The Bertz CT molecular complexity index is 937. The molecule has 6 N–H and O–H groups in total. The number of aromatic amines is 1. The fraction of sp³-hybridized carbons (Fsp3) is 0.286. The van der Waals surface area contributed by atoms with E-state index in [0.717, 1.165) is 11.1 Å².